The summed E-state index contributed by atoms with van der Waals surface area (Å²) in [4.78, 5) is 4.28. The van der Waals surface area contributed by atoms with Gasteiger partial charge in [-0.05, 0) is 19.1 Å². The average molecular weight is 184 g/mol. The molecule has 0 unspecified atom stereocenters. The minimum Gasteiger partial charge on any atom is -0.234 e. The molecule has 0 bridgehead atoms. The highest BCUT2D eigenvalue weighted by atomic mass is 15.3. The van der Waals surface area contributed by atoms with Crippen molar-refractivity contribution in [1.29, 1.82) is 5.26 Å². The zero-order valence-corrected chi connectivity index (χ0v) is 7.68. The predicted molar refractivity (Wildman–Crippen MR) is 50.8 cm³/mol. The Morgan fingerprint density at radius 2 is 2.29 bits per heavy atom. The Kier molecular flexibility index (Phi) is 1.99. The van der Waals surface area contributed by atoms with Gasteiger partial charge in [0.05, 0.1) is 18.0 Å². The number of nitrogens with zero attached hydrogens (tertiary/aromatic N) is 4. The van der Waals surface area contributed by atoms with E-state index in [-0.39, 0.29) is 0 Å². The third-order valence-electron chi connectivity index (χ3n) is 1.82. The lowest BCUT2D eigenvalue weighted by molar-refractivity contribution is 0.841. The highest BCUT2D eigenvalue weighted by molar-refractivity contribution is 5.29. The van der Waals surface area contributed by atoms with Crippen LogP contribution in [0.4, 0.5) is 0 Å². The van der Waals surface area contributed by atoms with Crippen LogP contribution in [0.2, 0.25) is 0 Å². The fourth-order valence-corrected chi connectivity index (χ4v) is 1.16. The fourth-order valence-electron chi connectivity index (χ4n) is 1.16. The summed E-state index contributed by atoms with van der Waals surface area (Å²) in [6.07, 6.45) is 3.17. The standard InChI is InChI=1S/C10H8N4/c1-8-3-2-4-10(13-8)14-7-9(5-11)6-12-14/h2-4,6-7H,1H3. The van der Waals surface area contributed by atoms with Crippen LogP contribution in [0.5, 0.6) is 0 Å². The average Bonchev–Trinajstić information content (AvgIpc) is 2.66. The maximum absolute atomic E-state index is 8.63. The lowest BCUT2D eigenvalue weighted by atomic mass is 10.4. The van der Waals surface area contributed by atoms with E-state index in [9.17, 15) is 0 Å². The molecule has 0 spiro atoms. The molecule has 0 atom stereocenters. The molecule has 0 aliphatic heterocycles. The van der Waals surface area contributed by atoms with Gasteiger partial charge >= 0.3 is 0 Å². The van der Waals surface area contributed by atoms with Crippen LogP contribution in [0, 0.1) is 18.3 Å². The maximum atomic E-state index is 8.63. The van der Waals surface area contributed by atoms with Crippen molar-refractivity contribution >= 4 is 0 Å². The van der Waals surface area contributed by atoms with Gasteiger partial charge in [-0.25, -0.2) is 9.67 Å². The molecule has 0 aromatic carbocycles. The molecule has 2 aromatic rings. The van der Waals surface area contributed by atoms with Gasteiger partial charge in [0.15, 0.2) is 5.82 Å². The first-order chi connectivity index (χ1) is 6.79. The van der Waals surface area contributed by atoms with E-state index in [0.717, 1.165) is 11.5 Å². The van der Waals surface area contributed by atoms with Gasteiger partial charge in [0, 0.05) is 5.69 Å². The number of aryl methyl sites for hydroxylation is 1. The van der Waals surface area contributed by atoms with Gasteiger partial charge in [-0.2, -0.15) is 10.4 Å². The van der Waals surface area contributed by atoms with Gasteiger partial charge in [-0.1, -0.05) is 6.07 Å². The molecule has 4 heteroatoms. The lowest BCUT2D eigenvalue weighted by Gasteiger charge is -1.99. The van der Waals surface area contributed by atoms with Crippen molar-refractivity contribution in [3.8, 4) is 11.9 Å². The van der Waals surface area contributed by atoms with Crippen LogP contribution in [0.15, 0.2) is 30.6 Å². The Morgan fingerprint density at radius 3 is 2.93 bits per heavy atom. The number of rotatable bonds is 1. The summed E-state index contributed by atoms with van der Waals surface area (Å²) in [5.41, 5.74) is 1.46. The Bertz CT molecular complexity index is 493. The third-order valence-corrected chi connectivity index (χ3v) is 1.82. The zero-order valence-electron chi connectivity index (χ0n) is 7.68. The van der Waals surface area contributed by atoms with Crippen molar-refractivity contribution in [2.24, 2.45) is 0 Å². The molecule has 2 aromatic heterocycles. The number of hydrogen-bond donors (Lipinski definition) is 0. The summed E-state index contributed by atoms with van der Waals surface area (Å²) in [7, 11) is 0. The summed E-state index contributed by atoms with van der Waals surface area (Å²) in [6, 6.07) is 7.69. The largest absolute Gasteiger partial charge is 0.234 e. The second-order valence-electron chi connectivity index (χ2n) is 2.92. The van der Waals surface area contributed by atoms with Crippen LogP contribution >= 0.6 is 0 Å². The van der Waals surface area contributed by atoms with E-state index in [1.54, 1.807) is 10.9 Å². The van der Waals surface area contributed by atoms with Crippen LogP contribution in [0.3, 0.4) is 0 Å². The summed E-state index contributed by atoms with van der Waals surface area (Å²) in [5, 5.41) is 12.7. The summed E-state index contributed by atoms with van der Waals surface area (Å²) in [6.45, 7) is 1.91. The van der Waals surface area contributed by atoms with Gasteiger partial charge in [0.25, 0.3) is 0 Å². The smallest absolute Gasteiger partial charge is 0.153 e. The van der Waals surface area contributed by atoms with Crippen molar-refractivity contribution in [3.05, 3.63) is 41.9 Å². The van der Waals surface area contributed by atoms with E-state index >= 15 is 0 Å². The van der Waals surface area contributed by atoms with E-state index < -0.39 is 0 Å². The Hall–Kier alpha value is -2.15. The number of pyridine rings is 1. The maximum Gasteiger partial charge on any atom is 0.153 e. The number of nitriles is 1. The topological polar surface area (TPSA) is 54.5 Å². The molecular weight excluding hydrogens is 176 g/mol. The van der Waals surface area contributed by atoms with E-state index in [1.165, 1.54) is 6.20 Å². The second kappa shape index (κ2) is 3.30. The molecule has 0 fully saturated rings. The molecule has 4 nitrogen and oxygen atoms in total. The minimum atomic E-state index is 0.535. The monoisotopic (exact) mass is 184 g/mol. The first kappa shape index (κ1) is 8.45. The molecule has 0 radical (unpaired) electrons. The zero-order chi connectivity index (χ0) is 9.97. The Morgan fingerprint density at radius 1 is 1.43 bits per heavy atom. The van der Waals surface area contributed by atoms with Gasteiger partial charge in [0.2, 0.25) is 0 Å². The van der Waals surface area contributed by atoms with E-state index in [0.29, 0.717) is 5.56 Å². The quantitative estimate of drug-likeness (QED) is 0.674. The third kappa shape index (κ3) is 1.48. The molecule has 68 valence electrons. The predicted octanol–water partition coefficient (Wildman–Crippen LogP) is 1.45. The second-order valence-corrected chi connectivity index (χ2v) is 2.92. The van der Waals surface area contributed by atoms with Crippen molar-refractivity contribution in [2.75, 3.05) is 0 Å². The molecule has 14 heavy (non-hydrogen) atoms. The van der Waals surface area contributed by atoms with Crippen molar-refractivity contribution in [1.82, 2.24) is 14.8 Å². The van der Waals surface area contributed by atoms with E-state index in [1.807, 2.05) is 31.2 Å². The minimum absolute atomic E-state index is 0.535. The SMILES string of the molecule is Cc1cccc(-n2cc(C#N)cn2)n1. The number of aromatic nitrogens is 3. The molecule has 0 aliphatic rings. The van der Waals surface area contributed by atoms with Crippen LogP contribution < -0.4 is 0 Å². The van der Waals surface area contributed by atoms with Crippen LogP contribution in [-0.4, -0.2) is 14.8 Å². The summed E-state index contributed by atoms with van der Waals surface area (Å²) >= 11 is 0. The molecule has 0 N–H and O–H groups in total. The molecule has 2 rings (SSSR count). The molecule has 0 saturated carbocycles. The lowest BCUT2D eigenvalue weighted by Crippen LogP contribution is -1.98. The van der Waals surface area contributed by atoms with E-state index in [2.05, 4.69) is 10.1 Å². The first-order valence-electron chi connectivity index (χ1n) is 4.18. The van der Waals surface area contributed by atoms with Crippen LogP contribution in [0.25, 0.3) is 5.82 Å². The van der Waals surface area contributed by atoms with Gasteiger partial charge < -0.3 is 0 Å². The fraction of sp³-hybridized carbons (Fsp3) is 0.100. The van der Waals surface area contributed by atoms with Gasteiger partial charge in [0.1, 0.15) is 6.07 Å². The first-order valence-corrected chi connectivity index (χ1v) is 4.18. The normalized spacial score (nSPS) is 9.71. The molecule has 0 saturated heterocycles. The molecule has 0 aliphatic carbocycles. The molecule has 2 heterocycles. The summed E-state index contributed by atoms with van der Waals surface area (Å²) < 4.78 is 1.59. The highest BCUT2D eigenvalue weighted by Gasteiger charge is 2.00. The molecule has 0 amide bonds. The molecular formula is C10H8N4. The van der Waals surface area contributed by atoms with Crippen molar-refractivity contribution in [3.63, 3.8) is 0 Å². The highest BCUT2D eigenvalue weighted by Crippen LogP contribution is 2.05. The van der Waals surface area contributed by atoms with Gasteiger partial charge in [-0.3, -0.25) is 0 Å². The van der Waals surface area contributed by atoms with Crippen molar-refractivity contribution < 1.29 is 0 Å². The van der Waals surface area contributed by atoms with E-state index in [4.69, 9.17) is 5.26 Å². The summed E-state index contributed by atoms with van der Waals surface area (Å²) in [5.74, 6) is 0.728. The van der Waals surface area contributed by atoms with Crippen LogP contribution in [-0.2, 0) is 0 Å². The Labute approximate surface area is 81.4 Å². The van der Waals surface area contributed by atoms with Crippen molar-refractivity contribution in [2.45, 2.75) is 6.92 Å². The van der Waals surface area contributed by atoms with Gasteiger partial charge in [-0.15, -0.1) is 0 Å². The number of hydrogen-bond acceptors (Lipinski definition) is 3. The Balaban J connectivity index is 2.45. The van der Waals surface area contributed by atoms with Crippen LogP contribution in [0.1, 0.15) is 11.3 Å².